The third kappa shape index (κ3) is 1.02. The van der Waals surface area contributed by atoms with Crippen LogP contribution in [0.5, 0.6) is 0 Å². The molecule has 1 N–H and O–H groups in total. The highest BCUT2D eigenvalue weighted by Gasteiger charge is 2.49. The van der Waals surface area contributed by atoms with Gasteiger partial charge in [0.2, 0.25) is 11.8 Å². The summed E-state index contributed by atoms with van der Waals surface area (Å²) < 4.78 is 0. The molecule has 1 aliphatic heterocycles. The molecular weight excluding hydrogens is 170 g/mol. The Hall–Kier alpha value is -1.16. The second kappa shape index (κ2) is 2.67. The molecule has 0 spiro atoms. The van der Waals surface area contributed by atoms with Crippen LogP contribution in [0.3, 0.4) is 0 Å². The van der Waals surface area contributed by atoms with Crippen molar-refractivity contribution in [3.63, 3.8) is 0 Å². The number of allylic oxidation sites excluding steroid dienone is 1. The van der Waals surface area contributed by atoms with Gasteiger partial charge in [0.05, 0.1) is 17.9 Å². The van der Waals surface area contributed by atoms with Gasteiger partial charge >= 0.3 is 0 Å². The van der Waals surface area contributed by atoms with Gasteiger partial charge in [0, 0.05) is 7.05 Å². The van der Waals surface area contributed by atoms with Crippen LogP contribution in [0.25, 0.3) is 0 Å². The van der Waals surface area contributed by atoms with Crippen LogP contribution >= 0.6 is 0 Å². The highest BCUT2D eigenvalue weighted by atomic mass is 16.3. The Morgan fingerprint density at radius 2 is 2.15 bits per heavy atom. The number of carbonyl (C=O) groups is 2. The van der Waals surface area contributed by atoms with Gasteiger partial charge in [-0.3, -0.25) is 14.5 Å². The molecule has 0 aromatic carbocycles. The Bertz CT molecular complexity index is 297. The standard InChI is InChI=1S/C9H11NO3/c1-10-8(12)5-3-2-4-6(11)7(5)9(10)13/h2,4-7,11H,3H2,1H3. The van der Waals surface area contributed by atoms with E-state index in [1.807, 2.05) is 0 Å². The minimum absolute atomic E-state index is 0.168. The maximum Gasteiger partial charge on any atom is 0.235 e. The first-order chi connectivity index (χ1) is 6.13. The predicted octanol–water partition coefficient (Wildman–Crippen LogP) is -0.462. The average molecular weight is 181 g/mol. The number of amides is 2. The Morgan fingerprint density at radius 3 is 2.77 bits per heavy atom. The third-order valence-electron chi connectivity index (χ3n) is 2.79. The maximum atomic E-state index is 11.5. The van der Waals surface area contributed by atoms with Crippen molar-refractivity contribution in [2.24, 2.45) is 11.8 Å². The number of aliphatic hydroxyl groups excluding tert-OH is 1. The van der Waals surface area contributed by atoms with Crippen LogP contribution in [0, 0.1) is 11.8 Å². The zero-order chi connectivity index (χ0) is 9.59. The number of nitrogens with zero attached hydrogens (tertiary/aromatic N) is 1. The van der Waals surface area contributed by atoms with Crippen LogP contribution in [0.15, 0.2) is 12.2 Å². The molecule has 4 nitrogen and oxygen atoms in total. The van der Waals surface area contributed by atoms with Crippen LogP contribution in [-0.2, 0) is 9.59 Å². The van der Waals surface area contributed by atoms with E-state index in [-0.39, 0.29) is 17.7 Å². The summed E-state index contributed by atoms with van der Waals surface area (Å²) in [6.45, 7) is 0. The monoisotopic (exact) mass is 181 g/mol. The van der Waals surface area contributed by atoms with Gasteiger partial charge in [-0.25, -0.2) is 0 Å². The highest BCUT2D eigenvalue weighted by Crippen LogP contribution is 2.34. The molecule has 1 fully saturated rings. The van der Waals surface area contributed by atoms with Crippen molar-refractivity contribution < 1.29 is 14.7 Å². The van der Waals surface area contributed by atoms with Crippen LogP contribution in [0.1, 0.15) is 6.42 Å². The van der Waals surface area contributed by atoms with E-state index >= 15 is 0 Å². The number of hydrogen-bond donors (Lipinski definition) is 1. The molecule has 0 saturated carbocycles. The molecule has 70 valence electrons. The lowest BCUT2D eigenvalue weighted by atomic mass is 9.83. The molecule has 1 heterocycles. The lowest BCUT2D eigenvalue weighted by Gasteiger charge is -2.21. The van der Waals surface area contributed by atoms with Gasteiger partial charge in [0.15, 0.2) is 0 Å². The molecule has 1 saturated heterocycles. The number of hydrogen-bond acceptors (Lipinski definition) is 3. The smallest absolute Gasteiger partial charge is 0.235 e. The lowest BCUT2D eigenvalue weighted by Crippen LogP contribution is -2.32. The topological polar surface area (TPSA) is 57.6 Å². The number of aliphatic hydroxyl groups is 1. The Balaban J connectivity index is 2.36. The van der Waals surface area contributed by atoms with E-state index in [1.54, 1.807) is 12.2 Å². The molecule has 2 rings (SSSR count). The summed E-state index contributed by atoms with van der Waals surface area (Å²) >= 11 is 0. The minimum atomic E-state index is -0.792. The van der Waals surface area contributed by atoms with Gasteiger partial charge in [0.25, 0.3) is 0 Å². The lowest BCUT2D eigenvalue weighted by molar-refractivity contribution is -0.138. The molecule has 2 aliphatic rings. The summed E-state index contributed by atoms with van der Waals surface area (Å²) in [5.74, 6) is -1.30. The first-order valence-corrected chi connectivity index (χ1v) is 4.29. The van der Waals surface area contributed by atoms with Gasteiger partial charge in [-0.2, -0.15) is 0 Å². The first kappa shape index (κ1) is 8.44. The van der Waals surface area contributed by atoms with Gasteiger partial charge in [-0.05, 0) is 6.42 Å². The summed E-state index contributed by atoms with van der Waals surface area (Å²) in [5.41, 5.74) is 0. The van der Waals surface area contributed by atoms with Gasteiger partial charge in [-0.1, -0.05) is 12.2 Å². The second-order valence-electron chi connectivity index (χ2n) is 3.52. The largest absolute Gasteiger partial charge is 0.388 e. The molecule has 0 aromatic heterocycles. The van der Waals surface area contributed by atoms with Crippen molar-refractivity contribution >= 4 is 11.8 Å². The average Bonchev–Trinajstić information content (AvgIpc) is 2.33. The summed E-state index contributed by atoms with van der Waals surface area (Å²) in [7, 11) is 1.47. The molecule has 0 bridgehead atoms. The molecular formula is C9H11NO3. The molecule has 0 radical (unpaired) electrons. The van der Waals surface area contributed by atoms with Crippen molar-refractivity contribution in [2.45, 2.75) is 12.5 Å². The van der Waals surface area contributed by atoms with E-state index < -0.39 is 12.0 Å². The Labute approximate surface area is 75.8 Å². The number of imide groups is 1. The van der Waals surface area contributed by atoms with Crippen molar-refractivity contribution in [1.82, 2.24) is 4.90 Å². The fourth-order valence-corrected chi connectivity index (χ4v) is 2.02. The number of carbonyl (C=O) groups excluding carboxylic acids is 2. The van der Waals surface area contributed by atoms with Crippen LogP contribution in [0.2, 0.25) is 0 Å². The first-order valence-electron chi connectivity index (χ1n) is 4.29. The van der Waals surface area contributed by atoms with Gasteiger partial charge < -0.3 is 5.11 Å². The quantitative estimate of drug-likeness (QED) is 0.406. The minimum Gasteiger partial charge on any atom is -0.388 e. The van der Waals surface area contributed by atoms with Crippen LogP contribution in [-0.4, -0.2) is 35.0 Å². The van der Waals surface area contributed by atoms with Crippen molar-refractivity contribution in [2.75, 3.05) is 7.05 Å². The maximum absolute atomic E-state index is 11.5. The number of fused-ring (bicyclic) bond motifs is 1. The molecule has 2 amide bonds. The van der Waals surface area contributed by atoms with Gasteiger partial charge in [0.1, 0.15) is 0 Å². The zero-order valence-electron chi connectivity index (χ0n) is 7.30. The van der Waals surface area contributed by atoms with E-state index in [4.69, 9.17) is 0 Å². The molecule has 3 atom stereocenters. The fraction of sp³-hybridized carbons (Fsp3) is 0.556. The fourth-order valence-electron chi connectivity index (χ4n) is 2.02. The van der Waals surface area contributed by atoms with E-state index in [2.05, 4.69) is 0 Å². The number of likely N-dealkylation sites (tertiary alicyclic amines) is 1. The Morgan fingerprint density at radius 1 is 1.46 bits per heavy atom. The highest BCUT2D eigenvalue weighted by molar-refractivity contribution is 6.05. The van der Waals surface area contributed by atoms with E-state index in [9.17, 15) is 14.7 Å². The van der Waals surface area contributed by atoms with E-state index in [0.29, 0.717) is 6.42 Å². The zero-order valence-corrected chi connectivity index (χ0v) is 7.30. The summed E-state index contributed by atoms with van der Waals surface area (Å²) in [6.07, 6.45) is 3.12. The number of rotatable bonds is 0. The molecule has 3 unspecified atom stereocenters. The summed E-state index contributed by atoms with van der Waals surface area (Å²) in [4.78, 5) is 24.0. The predicted molar refractivity (Wildman–Crippen MR) is 44.5 cm³/mol. The SMILES string of the molecule is CN1C(=O)C2CC=CC(O)C2C1=O. The second-order valence-corrected chi connectivity index (χ2v) is 3.52. The molecule has 0 aromatic rings. The van der Waals surface area contributed by atoms with Crippen molar-refractivity contribution in [3.8, 4) is 0 Å². The van der Waals surface area contributed by atoms with Crippen LogP contribution in [0.4, 0.5) is 0 Å². The summed E-state index contributed by atoms with van der Waals surface area (Å²) in [6, 6.07) is 0. The molecule has 4 heteroatoms. The Kier molecular flexibility index (Phi) is 1.73. The third-order valence-corrected chi connectivity index (χ3v) is 2.79. The van der Waals surface area contributed by atoms with Gasteiger partial charge in [-0.15, -0.1) is 0 Å². The molecule has 1 aliphatic carbocycles. The van der Waals surface area contributed by atoms with Crippen LogP contribution < -0.4 is 0 Å². The van der Waals surface area contributed by atoms with Crippen molar-refractivity contribution in [1.29, 1.82) is 0 Å². The van der Waals surface area contributed by atoms with E-state index in [0.717, 1.165) is 4.90 Å². The summed E-state index contributed by atoms with van der Waals surface area (Å²) in [5, 5.41) is 9.50. The molecule has 13 heavy (non-hydrogen) atoms. The van der Waals surface area contributed by atoms with Crippen molar-refractivity contribution in [3.05, 3.63) is 12.2 Å². The normalized spacial score (nSPS) is 38.3. The van der Waals surface area contributed by atoms with E-state index in [1.165, 1.54) is 7.05 Å².